The summed E-state index contributed by atoms with van der Waals surface area (Å²) in [6.07, 6.45) is 2.61. The van der Waals surface area contributed by atoms with Crippen LogP contribution in [0.4, 0.5) is 5.95 Å². The lowest BCUT2D eigenvalue weighted by atomic mass is 10.2. The van der Waals surface area contributed by atoms with Crippen molar-refractivity contribution in [2.24, 2.45) is 0 Å². The molecule has 2 N–H and O–H groups in total. The smallest absolute Gasteiger partial charge is 0.283 e. The van der Waals surface area contributed by atoms with E-state index in [-0.39, 0.29) is 19.1 Å². The molecule has 1 fully saturated rings. The van der Waals surface area contributed by atoms with E-state index in [9.17, 15) is 9.59 Å². The standard InChI is InChI=1S/C19H22N6O4/c26-17(12-24-8-10-25(11-9-24)19-20-6-3-7-21-19)22-23-18(27)16-13-28-14-4-1-2-5-15(14)29-16/h1-7,16H,8-13H2,(H,22,26)(H,23,27). The molecule has 2 aliphatic rings. The molecule has 0 saturated carbocycles. The van der Waals surface area contributed by atoms with E-state index in [2.05, 4.69) is 25.7 Å². The monoisotopic (exact) mass is 398 g/mol. The molecule has 2 amide bonds. The fraction of sp³-hybridized carbons (Fsp3) is 0.368. The fourth-order valence-corrected chi connectivity index (χ4v) is 3.16. The SMILES string of the molecule is O=C(CN1CCN(c2ncccn2)CC1)NNC(=O)C1COc2ccccc2O1. The summed E-state index contributed by atoms with van der Waals surface area (Å²) in [4.78, 5) is 37.0. The van der Waals surface area contributed by atoms with Gasteiger partial charge in [-0.05, 0) is 18.2 Å². The van der Waals surface area contributed by atoms with Crippen LogP contribution in [-0.4, -0.2) is 72.1 Å². The predicted octanol–water partition coefficient (Wildman–Crippen LogP) is -0.414. The molecular weight excluding hydrogens is 376 g/mol. The van der Waals surface area contributed by atoms with Gasteiger partial charge in [0, 0.05) is 38.6 Å². The average molecular weight is 398 g/mol. The Morgan fingerprint density at radius 1 is 1.00 bits per heavy atom. The van der Waals surface area contributed by atoms with E-state index in [0.717, 1.165) is 13.1 Å². The number of nitrogens with zero attached hydrogens (tertiary/aromatic N) is 4. The van der Waals surface area contributed by atoms with E-state index in [0.29, 0.717) is 30.5 Å². The molecule has 1 saturated heterocycles. The fourth-order valence-electron chi connectivity index (χ4n) is 3.16. The van der Waals surface area contributed by atoms with Gasteiger partial charge in [0.05, 0.1) is 6.54 Å². The molecule has 0 spiro atoms. The zero-order valence-corrected chi connectivity index (χ0v) is 15.8. The Morgan fingerprint density at radius 3 is 2.48 bits per heavy atom. The molecule has 10 heteroatoms. The van der Waals surface area contributed by atoms with Crippen LogP contribution in [0.25, 0.3) is 0 Å². The molecule has 2 aliphatic heterocycles. The van der Waals surface area contributed by atoms with Crippen molar-refractivity contribution in [3.63, 3.8) is 0 Å². The zero-order valence-electron chi connectivity index (χ0n) is 15.8. The molecule has 29 heavy (non-hydrogen) atoms. The Kier molecular flexibility index (Phi) is 5.71. The van der Waals surface area contributed by atoms with E-state index in [1.807, 2.05) is 11.0 Å². The molecule has 1 unspecified atom stereocenters. The summed E-state index contributed by atoms with van der Waals surface area (Å²) < 4.78 is 11.1. The lowest BCUT2D eigenvalue weighted by Crippen LogP contribution is -2.54. The van der Waals surface area contributed by atoms with Crippen LogP contribution in [0.5, 0.6) is 11.5 Å². The van der Waals surface area contributed by atoms with Crippen molar-refractivity contribution in [1.82, 2.24) is 25.7 Å². The van der Waals surface area contributed by atoms with Gasteiger partial charge in [0.2, 0.25) is 12.1 Å². The number of amides is 2. The maximum absolute atomic E-state index is 12.2. The van der Waals surface area contributed by atoms with Gasteiger partial charge in [0.25, 0.3) is 11.8 Å². The Balaban J connectivity index is 1.18. The molecule has 2 aromatic rings. The summed E-state index contributed by atoms with van der Waals surface area (Å²) in [5, 5.41) is 0. The van der Waals surface area contributed by atoms with Crippen molar-refractivity contribution in [1.29, 1.82) is 0 Å². The van der Waals surface area contributed by atoms with Gasteiger partial charge in [-0.1, -0.05) is 12.1 Å². The number of carbonyl (C=O) groups excluding carboxylic acids is 2. The van der Waals surface area contributed by atoms with Crippen LogP contribution in [-0.2, 0) is 9.59 Å². The highest BCUT2D eigenvalue weighted by molar-refractivity contribution is 5.85. The average Bonchev–Trinajstić information content (AvgIpc) is 2.78. The third-order valence-electron chi connectivity index (χ3n) is 4.70. The van der Waals surface area contributed by atoms with Crippen molar-refractivity contribution in [3.05, 3.63) is 42.7 Å². The minimum absolute atomic E-state index is 0.0855. The normalized spacial score (nSPS) is 18.8. The lowest BCUT2D eigenvalue weighted by molar-refractivity contribution is -0.135. The number of aromatic nitrogens is 2. The molecule has 1 aromatic carbocycles. The van der Waals surface area contributed by atoms with Crippen molar-refractivity contribution >= 4 is 17.8 Å². The third-order valence-corrected chi connectivity index (χ3v) is 4.70. The van der Waals surface area contributed by atoms with Gasteiger partial charge < -0.3 is 14.4 Å². The third kappa shape index (κ3) is 4.72. The topological polar surface area (TPSA) is 109 Å². The number of hydrazine groups is 1. The Bertz CT molecular complexity index is 857. The maximum Gasteiger partial charge on any atom is 0.283 e. The summed E-state index contributed by atoms with van der Waals surface area (Å²) in [7, 11) is 0. The highest BCUT2D eigenvalue weighted by Crippen LogP contribution is 2.30. The Hall–Kier alpha value is -3.40. The van der Waals surface area contributed by atoms with E-state index in [1.54, 1.807) is 36.7 Å². The minimum Gasteiger partial charge on any atom is -0.485 e. The predicted molar refractivity (Wildman–Crippen MR) is 103 cm³/mol. The number of para-hydroxylation sites is 2. The molecule has 1 aromatic heterocycles. The molecule has 0 bridgehead atoms. The van der Waals surface area contributed by atoms with E-state index in [4.69, 9.17) is 9.47 Å². The second-order valence-corrected chi connectivity index (χ2v) is 6.71. The van der Waals surface area contributed by atoms with Crippen LogP contribution in [0.3, 0.4) is 0 Å². The van der Waals surface area contributed by atoms with Crippen LogP contribution < -0.4 is 25.2 Å². The molecular formula is C19H22N6O4. The number of hydrogen-bond donors (Lipinski definition) is 2. The molecule has 1 atom stereocenters. The van der Waals surface area contributed by atoms with Gasteiger partial charge in [-0.25, -0.2) is 9.97 Å². The first-order valence-corrected chi connectivity index (χ1v) is 9.40. The van der Waals surface area contributed by atoms with Crippen LogP contribution in [0.1, 0.15) is 0 Å². The molecule has 10 nitrogen and oxygen atoms in total. The quantitative estimate of drug-likeness (QED) is 0.669. The second-order valence-electron chi connectivity index (χ2n) is 6.71. The summed E-state index contributed by atoms with van der Waals surface area (Å²) in [5.74, 6) is 1.05. The van der Waals surface area contributed by atoms with E-state index >= 15 is 0 Å². The molecule has 0 radical (unpaired) electrons. The van der Waals surface area contributed by atoms with Gasteiger partial charge in [0.15, 0.2) is 11.5 Å². The van der Waals surface area contributed by atoms with Crippen LogP contribution >= 0.6 is 0 Å². The number of nitrogens with one attached hydrogen (secondary N) is 2. The van der Waals surface area contributed by atoms with Crippen molar-refractivity contribution in [2.45, 2.75) is 6.10 Å². The van der Waals surface area contributed by atoms with Crippen molar-refractivity contribution < 1.29 is 19.1 Å². The highest BCUT2D eigenvalue weighted by atomic mass is 16.6. The minimum atomic E-state index is -0.820. The highest BCUT2D eigenvalue weighted by Gasteiger charge is 2.28. The largest absolute Gasteiger partial charge is 0.485 e. The van der Waals surface area contributed by atoms with Crippen LogP contribution in [0.2, 0.25) is 0 Å². The van der Waals surface area contributed by atoms with Crippen molar-refractivity contribution in [2.75, 3.05) is 44.2 Å². The van der Waals surface area contributed by atoms with E-state index in [1.165, 1.54) is 0 Å². The Labute approximate surface area is 167 Å². The maximum atomic E-state index is 12.2. The molecule has 3 heterocycles. The first kappa shape index (κ1) is 18.9. The second kappa shape index (κ2) is 8.74. The number of benzene rings is 1. The van der Waals surface area contributed by atoms with E-state index < -0.39 is 12.0 Å². The number of anilines is 1. The van der Waals surface area contributed by atoms with Crippen molar-refractivity contribution in [3.8, 4) is 11.5 Å². The van der Waals surface area contributed by atoms with Gasteiger partial charge in [-0.3, -0.25) is 25.3 Å². The summed E-state index contributed by atoms with van der Waals surface area (Å²) in [5.41, 5.74) is 4.85. The number of ether oxygens (including phenoxy) is 2. The van der Waals surface area contributed by atoms with Gasteiger partial charge in [-0.15, -0.1) is 0 Å². The summed E-state index contributed by atoms with van der Waals surface area (Å²) in [6.45, 7) is 3.15. The van der Waals surface area contributed by atoms with Gasteiger partial charge in [0.1, 0.15) is 6.61 Å². The summed E-state index contributed by atoms with van der Waals surface area (Å²) >= 11 is 0. The zero-order chi connectivity index (χ0) is 20.1. The lowest BCUT2D eigenvalue weighted by Gasteiger charge is -2.34. The van der Waals surface area contributed by atoms with Crippen LogP contribution in [0.15, 0.2) is 42.7 Å². The molecule has 0 aliphatic carbocycles. The first-order valence-electron chi connectivity index (χ1n) is 9.40. The Morgan fingerprint density at radius 2 is 1.72 bits per heavy atom. The number of carbonyl (C=O) groups is 2. The number of piperazine rings is 1. The number of fused-ring (bicyclic) bond motifs is 1. The molecule has 152 valence electrons. The van der Waals surface area contributed by atoms with Gasteiger partial charge in [-0.2, -0.15) is 0 Å². The number of rotatable bonds is 4. The first-order chi connectivity index (χ1) is 14.2. The van der Waals surface area contributed by atoms with Gasteiger partial charge >= 0.3 is 0 Å². The number of hydrogen-bond acceptors (Lipinski definition) is 8. The van der Waals surface area contributed by atoms with Crippen LogP contribution in [0, 0.1) is 0 Å². The summed E-state index contributed by atoms with van der Waals surface area (Å²) in [6, 6.07) is 8.91. The molecule has 4 rings (SSSR count).